The Hall–Kier alpha value is -0.600. The predicted octanol–water partition coefficient (Wildman–Crippen LogP) is 3.13. The van der Waals surface area contributed by atoms with E-state index in [0.717, 1.165) is 0 Å². The van der Waals surface area contributed by atoms with E-state index in [1.165, 1.54) is 0 Å². The van der Waals surface area contributed by atoms with E-state index < -0.39 is 5.67 Å². The van der Waals surface area contributed by atoms with E-state index in [1.807, 2.05) is 7.05 Å². The molecule has 0 fully saturated rings. The summed E-state index contributed by atoms with van der Waals surface area (Å²) in [6, 6.07) is 7.06. The second-order valence-corrected chi connectivity index (χ2v) is 3.94. The summed E-state index contributed by atoms with van der Waals surface area (Å²) in [5, 5.41) is 3.42. The zero-order valence-electron chi connectivity index (χ0n) is 8.48. The zero-order chi connectivity index (χ0) is 10.6. The Kier molecular flexibility index (Phi) is 3.90. The quantitative estimate of drug-likeness (QED) is 0.814. The van der Waals surface area contributed by atoms with Crippen molar-refractivity contribution in [1.29, 1.82) is 0 Å². The molecule has 0 spiro atoms. The molecule has 0 heterocycles. The monoisotopic (exact) mass is 215 g/mol. The summed E-state index contributed by atoms with van der Waals surface area (Å²) >= 11 is 5.93. The summed E-state index contributed by atoms with van der Waals surface area (Å²) in [5.74, 6) is 0. The lowest BCUT2D eigenvalue weighted by molar-refractivity contribution is 0.177. The summed E-state index contributed by atoms with van der Waals surface area (Å²) in [7, 11) is 1.81. The lowest BCUT2D eigenvalue weighted by Crippen LogP contribution is -2.22. The molecule has 0 aliphatic carbocycles. The number of halogens is 2. The minimum Gasteiger partial charge on any atom is -0.320 e. The Morgan fingerprint density at radius 1 is 1.43 bits per heavy atom. The summed E-state index contributed by atoms with van der Waals surface area (Å²) < 4.78 is 14.1. The van der Waals surface area contributed by atoms with Gasteiger partial charge in [-0.25, -0.2) is 4.39 Å². The van der Waals surface area contributed by atoms with Gasteiger partial charge >= 0.3 is 0 Å². The highest BCUT2D eigenvalue weighted by molar-refractivity contribution is 6.31. The minimum atomic E-state index is -1.36. The van der Waals surface area contributed by atoms with E-state index in [2.05, 4.69) is 5.32 Å². The first-order chi connectivity index (χ1) is 6.58. The second kappa shape index (κ2) is 4.76. The molecule has 1 N–H and O–H groups in total. The fourth-order valence-electron chi connectivity index (χ4n) is 1.38. The Bertz CT molecular complexity index is 299. The predicted molar refractivity (Wildman–Crippen MR) is 58.5 cm³/mol. The minimum absolute atomic E-state index is 0.424. The van der Waals surface area contributed by atoms with E-state index in [9.17, 15) is 4.39 Å². The van der Waals surface area contributed by atoms with Gasteiger partial charge < -0.3 is 5.32 Å². The third kappa shape index (κ3) is 2.69. The Balaban J connectivity index is 2.86. The van der Waals surface area contributed by atoms with E-state index in [-0.39, 0.29) is 0 Å². The normalized spacial score (nSPS) is 15.1. The molecule has 0 bridgehead atoms. The summed E-state index contributed by atoms with van der Waals surface area (Å²) in [6.45, 7) is 2.20. The molecule has 3 heteroatoms. The van der Waals surface area contributed by atoms with Crippen LogP contribution in [0.3, 0.4) is 0 Å². The Morgan fingerprint density at radius 2 is 2.07 bits per heavy atom. The maximum atomic E-state index is 14.1. The van der Waals surface area contributed by atoms with Crippen LogP contribution in [0.4, 0.5) is 4.39 Å². The van der Waals surface area contributed by atoms with Gasteiger partial charge in [-0.15, -0.1) is 0 Å². The van der Waals surface area contributed by atoms with Gasteiger partial charge in [0, 0.05) is 10.6 Å². The number of alkyl halides is 1. The van der Waals surface area contributed by atoms with Gasteiger partial charge in [-0.05, 0) is 33.0 Å². The molecule has 0 saturated carbocycles. The van der Waals surface area contributed by atoms with Gasteiger partial charge in [-0.2, -0.15) is 0 Å². The van der Waals surface area contributed by atoms with Crippen LogP contribution >= 0.6 is 11.6 Å². The van der Waals surface area contributed by atoms with Gasteiger partial charge in [-0.3, -0.25) is 0 Å². The highest BCUT2D eigenvalue weighted by Crippen LogP contribution is 2.33. The van der Waals surface area contributed by atoms with Crippen molar-refractivity contribution in [2.24, 2.45) is 0 Å². The first-order valence-electron chi connectivity index (χ1n) is 4.66. The highest BCUT2D eigenvalue weighted by atomic mass is 35.5. The van der Waals surface area contributed by atoms with Crippen LogP contribution < -0.4 is 5.32 Å². The lowest BCUT2D eigenvalue weighted by Gasteiger charge is -2.21. The van der Waals surface area contributed by atoms with Gasteiger partial charge in [0.15, 0.2) is 0 Å². The summed E-state index contributed by atoms with van der Waals surface area (Å²) in [4.78, 5) is 0. The largest absolute Gasteiger partial charge is 0.320 e. The van der Waals surface area contributed by atoms with Crippen molar-refractivity contribution in [1.82, 2.24) is 5.32 Å². The van der Waals surface area contributed by atoms with Crippen LogP contribution in [-0.2, 0) is 5.67 Å². The van der Waals surface area contributed by atoms with Crippen LogP contribution in [0.1, 0.15) is 18.9 Å². The van der Waals surface area contributed by atoms with Crippen molar-refractivity contribution in [3.05, 3.63) is 34.9 Å². The van der Waals surface area contributed by atoms with Gasteiger partial charge in [0.1, 0.15) is 5.67 Å². The molecule has 1 unspecified atom stereocenters. The molecule has 1 nitrogen and oxygen atoms in total. The molecule has 14 heavy (non-hydrogen) atoms. The fraction of sp³-hybridized carbons (Fsp3) is 0.455. The average molecular weight is 216 g/mol. The first kappa shape index (κ1) is 11.5. The molecule has 1 aromatic carbocycles. The molecule has 0 radical (unpaired) electrons. The second-order valence-electron chi connectivity index (χ2n) is 3.53. The van der Waals surface area contributed by atoms with Crippen molar-refractivity contribution in [2.45, 2.75) is 19.0 Å². The van der Waals surface area contributed by atoms with Crippen LogP contribution in [0.5, 0.6) is 0 Å². The van der Waals surface area contributed by atoms with Gasteiger partial charge in [0.05, 0.1) is 0 Å². The Morgan fingerprint density at radius 3 is 2.64 bits per heavy atom. The lowest BCUT2D eigenvalue weighted by atomic mass is 9.94. The van der Waals surface area contributed by atoms with Crippen molar-refractivity contribution in [2.75, 3.05) is 13.6 Å². The van der Waals surface area contributed by atoms with E-state index in [4.69, 9.17) is 11.6 Å². The van der Waals surface area contributed by atoms with Crippen LogP contribution in [0.15, 0.2) is 24.3 Å². The number of hydrogen-bond donors (Lipinski definition) is 1. The Labute approximate surface area is 89.3 Å². The fourth-order valence-corrected chi connectivity index (χ4v) is 1.71. The molecule has 0 saturated heterocycles. The first-order valence-corrected chi connectivity index (χ1v) is 5.04. The average Bonchev–Trinajstić information content (AvgIpc) is 2.15. The third-order valence-corrected chi connectivity index (χ3v) is 2.61. The standard InChI is InChI=1S/C11H15ClFN/c1-11(13,7-8-14-2)9-5-3-4-6-10(9)12/h3-6,14H,7-8H2,1-2H3. The van der Waals surface area contributed by atoms with Crippen LogP contribution in [0, 0.1) is 0 Å². The number of rotatable bonds is 4. The molecule has 78 valence electrons. The molecule has 0 amide bonds. The van der Waals surface area contributed by atoms with Crippen LogP contribution in [0.25, 0.3) is 0 Å². The maximum absolute atomic E-state index is 14.1. The third-order valence-electron chi connectivity index (χ3n) is 2.28. The molecule has 0 aliphatic heterocycles. The molecule has 1 rings (SSSR count). The van der Waals surface area contributed by atoms with Gasteiger partial charge in [-0.1, -0.05) is 29.8 Å². The van der Waals surface area contributed by atoms with Crippen LogP contribution in [0.2, 0.25) is 5.02 Å². The van der Waals surface area contributed by atoms with E-state index in [0.29, 0.717) is 23.6 Å². The van der Waals surface area contributed by atoms with E-state index >= 15 is 0 Å². The SMILES string of the molecule is CNCCC(C)(F)c1ccccc1Cl. The van der Waals surface area contributed by atoms with Crippen molar-refractivity contribution < 1.29 is 4.39 Å². The molecule has 0 aromatic heterocycles. The summed E-state index contributed by atoms with van der Waals surface area (Å²) in [5.41, 5.74) is -0.793. The smallest absolute Gasteiger partial charge is 0.135 e. The number of hydrogen-bond acceptors (Lipinski definition) is 1. The van der Waals surface area contributed by atoms with Gasteiger partial charge in [0.2, 0.25) is 0 Å². The zero-order valence-corrected chi connectivity index (χ0v) is 9.24. The molecule has 1 aromatic rings. The number of nitrogens with one attached hydrogen (secondary N) is 1. The topological polar surface area (TPSA) is 12.0 Å². The maximum Gasteiger partial charge on any atom is 0.135 e. The van der Waals surface area contributed by atoms with E-state index in [1.54, 1.807) is 31.2 Å². The van der Waals surface area contributed by atoms with Crippen molar-refractivity contribution >= 4 is 11.6 Å². The summed E-state index contributed by atoms with van der Waals surface area (Å²) in [6.07, 6.45) is 0.424. The molecule has 0 aliphatic rings. The van der Waals surface area contributed by atoms with Crippen molar-refractivity contribution in [3.63, 3.8) is 0 Å². The highest BCUT2D eigenvalue weighted by Gasteiger charge is 2.27. The molecular weight excluding hydrogens is 201 g/mol. The van der Waals surface area contributed by atoms with Crippen molar-refractivity contribution in [3.8, 4) is 0 Å². The van der Waals surface area contributed by atoms with Crippen LogP contribution in [-0.4, -0.2) is 13.6 Å². The number of benzene rings is 1. The molecular formula is C11H15ClFN. The van der Waals surface area contributed by atoms with Gasteiger partial charge in [0.25, 0.3) is 0 Å². The molecule has 1 atom stereocenters.